The topological polar surface area (TPSA) is 103 Å². The Morgan fingerprint density at radius 3 is 2.42 bits per heavy atom. The van der Waals surface area contributed by atoms with E-state index < -0.39 is 0 Å². The van der Waals surface area contributed by atoms with E-state index in [9.17, 15) is 0 Å². The molecular weight excluding hydrogens is 328 g/mol. The molecule has 0 aliphatic heterocycles. The average molecular weight is 346 g/mol. The highest BCUT2D eigenvalue weighted by Crippen LogP contribution is 2.19. The molecule has 0 N–H and O–H groups in total. The van der Waals surface area contributed by atoms with Crippen LogP contribution in [-0.4, -0.2) is 39.9 Å². The van der Waals surface area contributed by atoms with Gasteiger partial charge in [-0.1, -0.05) is 20.8 Å². The monoisotopic (exact) mass is 346 g/mol. The Bertz CT molecular complexity index is 1080. The fraction of sp³-hybridized carbons (Fsp3) is 0.333. The van der Waals surface area contributed by atoms with Crippen molar-refractivity contribution in [2.75, 3.05) is 0 Å². The third kappa shape index (κ3) is 3.17. The first-order chi connectivity index (χ1) is 12.6. The van der Waals surface area contributed by atoms with Gasteiger partial charge < -0.3 is 0 Å². The molecule has 0 aliphatic rings. The lowest BCUT2D eigenvalue weighted by Crippen LogP contribution is -2.07. The van der Waals surface area contributed by atoms with Crippen LogP contribution in [0.1, 0.15) is 49.9 Å². The summed E-state index contributed by atoms with van der Waals surface area (Å²) in [7, 11) is 0. The van der Waals surface area contributed by atoms with E-state index in [4.69, 9.17) is 0 Å². The van der Waals surface area contributed by atoms with Crippen molar-refractivity contribution in [3.63, 3.8) is 0 Å². The third-order valence-electron chi connectivity index (χ3n) is 4.15. The molecule has 0 saturated carbocycles. The van der Waals surface area contributed by atoms with Gasteiger partial charge in [-0.25, -0.2) is 39.9 Å². The molecule has 26 heavy (non-hydrogen) atoms. The smallest absolute Gasteiger partial charge is 0.181 e. The van der Waals surface area contributed by atoms with Gasteiger partial charge in [0.15, 0.2) is 5.65 Å². The van der Waals surface area contributed by atoms with E-state index in [0.29, 0.717) is 17.6 Å². The summed E-state index contributed by atoms with van der Waals surface area (Å²) >= 11 is 0. The molecule has 130 valence electrons. The lowest BCUT2D eigenvalue weighted by Gasteiger charge is -2.10. The molecular formula is C18H18N8. The maximum absolute atomic E-state index is 4.60. The molecule has 0 saturated heterocycles. The molecule has 0 aromatic carbocycles. The Morgan fingerprint density at radius 1 is 0.769 bits per heavy atom. The molecule has 0 amide bonds. The van der Waals surface area contributed by atoms with Crippen LogP contribution in [0.2, 0.25) is 0 Å². The van der Waals surface area contributed by atoms with Crippen LogP contribution in [-0.2, 0) is 6.42 Å². The van der Waals surface area contributed by atoms with E-state index >= 15 is 0 Å². The van der Waals surface area contributed by atoms with Crippen molar-refractivity contribution < 1.29 is 0 Å². The van der Waals surface area contributed by atoms with Crippen molar-refractivity contribution in [3.8, 4) is 0 Å². The molecule has 0 bridgehead atoms. The number of hydrogen-bond acceptors (Lipinski definition) is 8. The first-order valence-corrected chi connectivity index (χ1v) is 8.51. The van der Waals surface area contributed by atoms with Crippen LogP contribution in [0.25, 0.3) is 22.2 Å². The maximum atomic E-state index is 4.60. The summed E-state index contributed by atoms with van der Waals surface area (Å²) in [6, 6.07) is 0. The summed E-state index contributed by atoms with van der Waals surface area (Å²) < 4.78 is 0. The van der Waals surface area contributed by atoms with Gasteiger partial charge in [0.2, 0.25) is 0 Å². The van der Waals surface area contributed by atoms with Crippen molar-refractivity contribution in [3.05, 3.63) is 48.5 Å². The average Bonchev–Trinajstić information content (AvgIpc) is 2.67. The molecule has 0 aliphatic carbocycles. The summed E-state index contributed by atoms with van der Waals surface area (Å²) in [5, 5.41) is 0. The van der Waals surface area contributed by atoms with Crippen molar-refractivity contribution >= 4 is 22.2 Å². The summed E-state index contributed by atoms with van der Waals surface area (Å²) in [4.78, 5) is 35.0. The highest BCUT2D eigenvalue weighted by Gasteiger charge is 2.13. The van der Waals surface area contributed by atoms with Crippen LogP contribution in [0, 0.1) is 0 Å². The third-order valence-corrected chi connectivity index (χ3v) is 4.15. The second kappa shape index (κ2) is 6.62. The van der Waals surface area contributed by atoms with Crippen LogP contribution in [0.15, 0.2) is 31.1 Å². The molecule has 1 atom stereocenters. The van der Waals surface area contributed by atoms with Gasteiger partial charge in [0.25, 0.3) is 0 Å². The molecule has 0 unspecified atom stereocenters. The summed E-state index contributed by atoms with van der Waals surface area (Å²) in [6.07, 6.45) is 9.06. The van der Waals surface area contributed by atoms with Gasteiger partial charge in [-0.2, -0.15) is 0 Å². The number of hydrogen-bond donors (Lipinski definition) is 0. The molecule has 4 aromatic rings. The van der Waals surface area contributed by atoms with Crippen molar-refractivity contribution in [1.29, 1.82) is 0 Å². The summed E-state index contributed by atoms with van der Waals surface area (Å²) in [5.74, 6) is 1.92. The largest absolute Gasteiger partial charge is 0.246 e. The van der Waals surface area contributed by atoms with E-state index in [-0.39, 0.29) is 11.8 Å². The minimum Gasteiger partial charge on any atom is -0.246 e. The van der Waals surface area contributed by atoms with Crippen molar-refractivity contribution in [1.82, 2.24) is 39.9 Å². The molecule has 4 aromatic heterocycles. The van der Waals surface area contributed by atoms with Crippen molar-refractivity contribution in [2.24, 2.45) is 0 Å². The lowest BCUT2D eigenvalue weighted by atomic mass is 10.0. The first kappa shape index (κ1) is 16.3. The zero-order chi connectivity index (χ0) is 18.1. The normalized spacial score (nSPS) is 12.8. The van der Waals surface area contributed by atoms with Gasteiger partial charge in [-0.3, -0.25) is 0 Å². The van der Waals surface area contributed by atoms with Gasteiger partial charge in [0.05, 0.1) is 30.5 Å². The Morgan fingerprint density at radius 2 is 1.58 bits per heavy atom. The Labute approximate surface area is 150 Å². The van der Waals surface area contributed by atoms with E-state index in [2.05, 4.69) is 60.6 Å². The van der Waals surface area contributed by atoms with Gasteiger partial charge in [0.1, 0.15) is 34.5 Å². The summed E-state index contributed by atoms with van der Waals surface area (Å²) in [5.41, 5.74) is 3.66. The van der Waals surface area contributed by atoms with E-state index in [1.54, 1.807) is 24.8 Å². The maximum Gasteiger partial charge on any atom is 0.181 e. The van der Waals surface area contributed by atoms with Gasteiger partial charge in [0, 0.05) is 18.3 Å². The molecule has 0 radical (unpaired) electrons. The van der Waals surface area contributed by atoms with Gasteiger partial charge in [-0.05, 0) is 0 Å². The Hall–Kier alpha value is -3.16. The standard InChI is InChI=1S/C18H18N8/c1-10(2)17-21-8-13-14(26-17)7-20-16(25-13)4-11(3)12-6-22-18-15(24-12)5-19-9-23-18/h5-11H,4H2,1-3H3/t11-/m1/s1. The molecule has 4 rings (SSSR count). The zero-order valence-electron chi connectivity index (χ0n) is 14.8. The Balaban J connectivity index is 1.59. The number of nitrogens with zero attached hydrogens (tertiary/aromatic N) is 8. The first-order valence-electron chi connectivity index (χ1n) is 8.51. The van der Waals surface area contributed by atoms with Crippen LogP contribution in [0.3, 0.4) is 0 Å². The zero-order valence-corrected chi connectivity index (χ0v) is 14.8. The van der Waals surface area contributed by atoms with Crippen LogP contribution in [0.5, 0.6) is 0 Å². The van der Waals surface area contributed by atoms with E-state index in [0.717, 1.165) is 28.4 Å². The van der Waals surface area contributed by atoms with Crippen molar-refractivity contribution in [2.45, 2.75) is 39.0 Å². The fourth-order valence-electron chi connectivity index (χ4n) is 2.67. The number of rotatable bonds is 4. The van der Waals surface area contributed by atoms with Gasteiger partial charge in [-0.15, -0.1) is 0 Å². The molecule has 8 nitrogen and oxygen atoms in total. The number of aromatic nitrogens is 8. The SMILES string of the molecule is CC(C)c1ncc2nc(C[C@@H](C)c3cnc4ncncc4n3)ncc2n1. The van der Waals surface area contributed by atoms with Gasteiger partial charge >= 0.3 is 0 Å². The lowest BCUT2D eigenvalue weighted by molar-refractivity contribution is 0.697. The number of fused-ring (bicyclic) bond motifs is 2. The van der Waals surface area contributed by atoms with E-state index in [1.165, 1.54) is 6.33 Å². The predicted octanol–water partition coefficient (Wildman–Crippen LogP) is 2.62. The van der Waals surface area contributed by atoms with Crippen LogP contribution < -0.4 is 0 Å². The molecule has 8 heteroatoms. The minimum atomic E-state index is 0.111. The van der Waals surface area contributed by atoms with E-state index in [1.807, 2.05) is 0 Å². The molecule has 0 spiro atoms. The quantitative estimate of drug-likeness (QED) is 0.555. The molecule has 4 heterocycles. The minimum absolute atomic E-state index is 0.111. The van der Waals surface area contributed by atoms with Crippen LogP contribution >= 0.6 is 0 Å². The highest BCUT2D eigenvalue weighted by molar-refractivity contribution is 5.71. The second-order valence-electron chi connectivity index (χ2n) is 6.57. The fourth-order valence-corrected chi connectivity index (χ4v) is 2.67. The molecule has 0 fully saturated rings. The highest BCUT2D eigenvalue weighted by atomic mass is 15.0. The second-order valence-corrected chi connectivity index (χ2v) is 6.57. The predicted molar refractivity (Wildman–Crippen MR) is 96.5 cm³/mol. The Kier molecular flexibility index (Phi) is 4.16. The summed E-state index contributed by atoms with van der Waals surface area (Å²) in [6.45, 7) is 6.20. The van der Waals surface area contributed by atoms with Crippen LogP contribution in [0.4, 0.5) is 0 Å².